The first-order valence-corrected chi connectivity index (χ1v) is 10.5. The molecule has 0 atom stereocenters. The molecule has 2 N–H and O–H groups in total. The van der Waals surface area contributed by atoms with Crippen LogP contribution in [0.3, 0.4) is 0 Å². The first kappa shape index (κ1) is 20.7. The van der Waals surface area contributed by atoms with Crippen LogP contribution >= 0.6 is 0 Å². The number of aryl methyl sites for hydroxylation is 1. The Morgan fingerprint density at radius 1 is 1.13 bits per heavy atom. The van der Waals surface area contributed by atoms with Crippen molar-refractivity contribution in [1.29, 1.82) is 0 Å². The predicted octanol–water partition coefficient (Wildman–Crippen LogP) is 2.98. The normalized spacial score (nSPS) is 12.9. The van der Waals surface area contributed by atoms with Gasteiger partial charge < -0.3 is 15.0 Å². The number of nitrogens with one attached hydrogen (secondary N) is 2. The zero-order valence-corrected chi connectivity index (χ0v) is 17.6. The van der Waals surface area contributed by atoms with E-state index in [0.717, 1.165) is 24.1 Å². The molecule has 3 aromatic rings. The maximum Gasteiger partial charge on any atom is 0.272 e. The monoisotopic (exact) mass is 418 g/mol. The average molecular weight is 418 g/mol. The maximum absolute atomic E-state index is 13.1. The van der Waals surface area contributed by atoms with E-state index in [9.17, 15) is 9.59 Å². The van der Waals surface area contributed by atoms with Crippen molar-refractivity contribution in [2.45, 2.75) is 25.8 Å². The van der Waals surface area contributed by atoms with Gasteiger partial charge in [0.1, 0.15) is 5.75 Å². The smallest absolute Gasteiger partial charge is 0.272 e. The molecule has 2 aromatic carbocycles. The lowest BCUT2D eigenvalue weighted by Gasteiger charge is -2.27. The Hall–Kier alpha value is -3.61. The number of H-pyrrole nitrogens is 1. The largest absolute Gasteiger partial charge is 0.496 e. The van der Waals surface area contributed by atoms with Crippen molar-refractivity contribution in [3.8, 4) is 5.75 Å². The van der Waals surface area contributed by atoms with Crippen LogP contribution in [0.1, 0.15) is 44.1 Å². The van der Waals surface area contributed by atoms with Gasteiger partial charge in [0.05, 0.1) is 19.2 Å². The SMILES string of the molecule is COc1ccccc1C(=O)N1CCc2[nH]nc(C(=O)NCCCc3ccccc3)c2C1. The first-order chi connectivity index (χ1) is 15.2. The van der Waals surface area contributed by atoms with Gasteiger partial charge in [-0.1, -0.05) is 42.5 Å². The zero-order chi connectivity index (χ0) is 21.6. The van der Waals surface area contributed by atoms with Gasteiger partial charge in [0.25, 0.3) is 11.8 Å². The highest BCUT2D eigenvalue weighted by Gasteiger charge is 2.29. The Labute approximate surface area is 181 Å². The molecule has 2 heterocycles. The summed E-state index contributed by atoms with van der Waals surface area (Å²) in [5.41, 5.74) is 3.84. The van der Waals surface area contributed by atoms with Gasteiger partial charge >= 0.3 is 0 Å². The molecule has 2 amide bonds. The highest BCUT2D eigenvalue weighted by molar-refractivity contribution is 5.98. The second-order valence-electron chi connectivity index (χ2n) is 7.55. The van der Waals surface area contributed by atoms with E-state index >= 15 is 0 Å². The summed E-state index contributed by atoms with van der Waals surface area (Å²) in [5.74, 6) is 0.220. The number of carbonyl (C=O) groups excluding carboxylic acids is 2. The first-order valence-electron chi connectivity index (χ1n) is 10.5. The molecule has 1 aromatic heterocycles. The number of carbonyl (C=O) groups is 2. The van der Waals surface area contributed by atoms with Crippen molar-refractivity contribution in [3.05, 3.63) is 82.7 Å². The third-order valence-electron chi connectivity index (χ3n) is 5.54. The second-order valence-corrected chi connectivity index (χ2v) is 7.55. The van der Waals surface area contributed by atoms with Gasteiger partial charge in [-0.2, -0.15) is 5.10 Å². The van der Waals surface area contributed by atoms with E-state index in [-0.39, 0.29) is 11.8 Å². The molecule has 31 heavy (non-hydrogen) atoms. The molecule has 1 aliphatic rings. The van der Waals surface area contributed by atoms with E-state index in [2.05, 4.69) is 27.6 Å². The van der Waals surface area contributed by atoms with Crippen molar-refractivity contribution < 1.29 is 14.3 Å². The molecule has 0 saturated heterocycles. The van der Waals surface area contributed by atoms with Gasteiger partial charge in [0.15, 0.2) is 5.69 Å². The van der Waals surface area contributed by atoms with E-state index in [1.54, 1.807) is 24.1 Å². The number of para-hydroxylation sites is 1. The molecule has 160 valence electrons. The Morgan fingerprint density at radius 2 is 1.90 bits per heavy atom. The summed E-state index contributed by atoms with van der Waals surface area (Å²) in [5, 5.41) is 10.2. The van der Waals surface area contributed by atoms with Crippen LogP contribution in [0, 0.1) is 0 Å². The van der Waals surface area contributed by atoms with E-state index < -0.39 is 0 Å². The number of hydrogen-bond acceptors (Lipinski definition) is 4. The fourth-order valence-electron chi connectivity index (χ4n) is 3.87. The molecule has 7 nitrogen and oxygen atoms in total. The molecular formula is C24H26N4O3. The van der Waals surface area contributed by atoms with Crippen LogP contribution < -0.4 is 10.1 Å². The zero-order valence-electron chi connectivity index (χ0n) is 17.6. The molecule has 0 saturated carbocycles. The van der Waals surface area contributed by atoms with Crippen LogP contribution in [0.15, 0.2) is 54.6 Å². The van der Waals surface area contributed by atoms with Crippen LogP contribution in [-0.4, -0.2) is 47.1 Å². The molecule has 1 aliphatic heterocycles. The van der Waals surface area contributed by atoms with Gasteiger partial charge in [-0.15, -0.1) is 0 Å². The summed E-state index contributed by atoms with van der Waals surface area (Å²) >= 11 is 0. The number of aromatic amines is 1. The summed E-state index contributed by atoms with van der Waals surface area (Å²) < 4.78 is 5.33. The molecule has 0 aliphatic carbocycles. The Balaban J connectivity index is 1.39. The van der Waals surface area contributed by atoms with E-state index in [0.29, 0.717) is 43.1 Å². The third-order valence-corrected chi connectivity index (χ3v) is 5.54. The number of ether oxygens (including phenoxy) is 1. The van der Waals surface area contributed by atoms with Gasteiger partial charge in [0, 0.05) is 30.8 Å². The number of fused-ring (bicyclic) bond motifs is 1. The van der Waals surface area contributed by atoms with E-state index in [1.165, 1.54) is 5.56 Å². The predicted molar refractivity (Wildman–Crippen MR) is 117 cm³/mol. The highest BCUT2D eigenvalue weighted by Crippen LogP contribution is 2.25. The number of nitrogens with zero attached hydrogens (tertiary/aromatic N) is 2. The number of rotatable bonds is 7. The van der Waals surface area contributed by atoms with Gasteiger partial charge in [-0.05, 0) is 30.5 Å². The van der Waals surface area contributed by atoms with Crippen LogP contribution in [0.2, 0.25) is 0 Å². The van der Waals surface area contributed by atoms with Crippen LogP contribution in [0.4, 0.5) is 0 Å². The maximum atomic E-state index is 13.1. The van der Waals surface area contributed by atoms with Crippen LogP contribution in [0.5, 0.6) is 5.75 Å². The molecule has 0 unspecified atom stereocenters. The summed E-state index contributed by atoms with van der Waals surface area (Å²) in [6, 6.07) is 17.4. The van der Waals surface area contributed by atoms with Gasteiger partial charge in [0.2, 0.25) is 0 Å². The quantitative estimate of drug-likeness (QED) is 0.578. The van der Waals surface area contributed by atoms with Crippen molar-refractivity contribution in [2.24, 2.45) is 0 Å². The fraction of sp³-hybridized carbons (Fsp3) is 0.292. The lowest BCUT2D eigenvalue weighted by Crippen LogP contribution is -2.37. The minimum absolute atomic E-state index is 0.112. The van der Waals surface area contributed by atoms with Crippen molar-refractivity contribution >= 4 is 11.8 Å². The Morgan fingerprint density at radius 3 is 2.71 bits per heavy atom. The summed E-state index contributed by atoms with van der Waals surface area (Å²) in [6.45, 7) is 1.47. The van der Waals surface area contributed by atoms with Crippen LogP contribution in [0.25, 0.3) is 0 Å². The standard InChI is InChI=1S/C24H26N4O3/c1-31-21-12-6-5-11-18(21)24(30)28-15-13-20-19(16-28)22(27-26-20)23(29)25-14-7-10-17-8-3-2-4-9-17/h2-6,8-9,11-12H,7,10,13-16H2,1H3,(H,25,29)(H,26,27). The van der Waals surface area contributed by atoms with E-state index in [4.69, 9.17) is 4.74 Å². The Kier molecular flexibility index (Phi) is 6.31. The summed E-state index contributed by atoms with van der Waals surface area (Å²) in [7, 11) is 1.55. The topological polar surface area (TPSA) is 87.3 Å². The van der Waals surface area contributed by atoms with Gasteiger partial charge in [-0.25, -0.2) is 0 Å². The molecule has 4 rings (SSSR count). The van der Waals surface area contributed by atoms with Crippen molar-refractivity contribution in [1.82, 2.24) is 20.4 Å². The Bertz CT molecular complexity index is 1060. The third kappa shape index (κ3) is 4.60. The lowest BCUT2D eigenvalue weighted by molar-refractivity contribution is 0.0728. The fourth-order valence-corrected chi connectivity index (χ4v) is 3.87. The number of benzene rings is 2. The number of aromatic nitrogens is 2. The van der Waals surface area contributed by atoms with Crippen molar-refractivity contribution in [3.63, 3.8) is 0 Å². The molecule has 7 heteroatoms. The minimum Gasteiger partial charge on any atom is -0.496 e. The highest BCUT2D eigenvalue weighted by atomic mass is 16.5. The molecule has 0 spiro atoms. The second kappa shape index (κ2) is 9.47. The van der Waals surface area contributed by atoms with Crippen LogP contribution in [-0.2, 0) is 19.4 Å². The van der Waals surface area contributed by atoms with E-state index in [1.807, 2.05) is 30.3 Å². The lowest BCUT2D eigenvalue weighted by atomic mass is 10.0. The molecule has 0 radical (unpaired) electrons. The minimum atomic E-state index is -0.211. The van der Waals surface area contributed by atoms with Crippen molar-refractivity contribution in [2.75, 3.05) is 20.2 Å². The molecule has 0 bridgehead atoms. The number of methoxy groups -OCH3 is 1. The average Bonchev–Trinajstić information content (AvgIpc) is 3.25. The molecular weight excluding hydrogens is 392 g/mol. The number of hydrogen-bond donors (Lipinski definition) is 2. The van der Waals surface area contributed by atoms with Gasteiger partial charge in [-0.3, -0.25) is 14.7 Å². The summed E-state index contributed by atoms with van der Waals surface area (Å²) in [6.07, 6.45) is 2.38. The number of amides is 2. The summed E-state index contributed by atoms with van der Waals surface area (Å²) in [4.78, 5) is 27.5. The molecule has 0 fully saturated rings.